The predicted octanol–water partition coefficient (Wildman–Crippen LogP) is 2.62. The summed E-state index contributed by atoms with van der Waals surface area (Å²) in [6.07, 6.45) is 0.922. The smallest absolute Gasteiger partial charge is 0.253 e. The van der Waals surface area contributed by atoms with Crippen molar-refractivity contribution >= 4 is 11.9 Å². The van der Waals surface area contributed by atoms with Gasteiger partial charge in [-0.1, -0.05) is 18.2 Å². The quantitative estimate of drug-likeness (QED) is 0.566. The van der Waals surface area contributed by atoms with Crippen molar-refractivity contribution in [3.8, 4) is 0 Å². The van der Waals surface area contributed by atoms with Crippen LogP contribution in [0.15, 0.2) is 47.5 Å². The Kier molecular flexibility index (Phi) is 7.92. The van der Waals surface area contributed by atoms with Crippen LogP contribution in [0.25, 0.3) is 0 Å². The first-order valence-electron chi connectivity index (χ1n) is 9.10. The molecule has 2 aromatic carbocycles. The van der Waals surface area contributed by atoms with E-state index in [9.17, 15) is 13.6 Å². The van der Waals surface area contributed by atoms with Crippen molar-refractivity contribution < 1.29 is 13.6 Å². The molecule has 2 N–H and O–H groups in total. The van der Waals surface area contributed by atoms with E-state index in [4.69, 9.17) is 0 Å². The number of benzene rings is 2. The number of halogens is 2. The number of carbonyl (C=O) groups excluding carboxylic acids is 1. The molecule has 0 fully saturated rings. The summed E-state index contributed by atoms with van der Waals surface area (Å²) in [4.78, 5) is 17.7. The number of guanidine groups is 1. The summed E-state index contributed by atoms with van der Waals surface area (Å²) in [6.45, 7) is 0.956. The van der Waals surface area contributed by atoms with Gasteiger partial charge in [0.2, 0.25) is 0 Å². The minimum Gasteiger partial charge on any atom is -0.356 e. The highest BCUT2D eigenvalue weighted by atomic mass is 19.1. The van der Waals surface area contributed by atoms with Crippen molar-refractivity contribution in [2.75, 3.05) is 34.2 Å². The van der Waals surface area contributed by atoms with Gasteiger partial charge in [-0.15, -0.1) is 0 Å². The molecule has 0 heterocycles. The topological polar surface area (TPSA) is 56.7 Å². The number of hydrogen-bond donors (Lipinski definition) is 2. The highest BCUT2D eigenvalue weighted by molar-refractivity contribution is 5.94. The first-order valence-corrected chi connectivity index (χ1v) is 9.10. The third-order valence-electron chi connectivity index (χ3n) is 4.24. The van der Waals surface area contributed by atoms with Crippen LogP contribution in [0, 0.1) is 11.6 Å². The number of rotatable bonds is 7. The maximum Gasteiger partial charge on any atom is 0.253 e. The molecule has 0 aliphatic heterocycles. The van der Waals surface area contributed by atoms with Crippen LogP contribution >= 0.6 is 0 Å². The Morgan fingerprint density at radius 2 is 1.61 bits per heavy atom. The van der Waals surface area contributed by atoms with E-state index in [2.05, 4.69) is 15.6 Å². The van der Waals surface area contributed by atoms with Gasteiger partial charge in [-0.05, 0) is 42.7 Å². The van der Waals surface area contributed by atoms with Gasteiger partial charge in [0, 0.05) is 45.4 Å². The molecule has 0 saturated carbocycles. The van der Waals surface area contributed by atoms with Crippen LogP contribution in [-0.2, 0) is 12.8 Å². The lowest BCUT2D eigenvalue weighted by Gasteiger charge is -2.13. The maximum atomic E-state index is 13.6. The predicted molar refractivity (Wildman–Crippen MR) is 108 cm³/mol. The van der Waals surface area contributed by atoms with Crippen LogP contribution in [0.2, 0.25) is 0 Å². The molecule has 0 bridgehead atoms. The van der Waals surface area contributed by atoms with Crippen LogP contribution in [0.5, 0.6) is 0 Å². The second-order valence-corrected chi connectivity index (χ2v) is 6.53. The van der Waals surface area contributed by atoms with Crippen LogP contribution < -0.4 is 10.6 Å². The monoisotopic (exact) mass is 388 g/mol. The van der Waals surface area contributed by atoms with Gasteiger partial charge in [-0.3, -0.25) is 9.79 Å². The number of amides is 1. The first-order chi connectivity index (χ1) is 13.4. The van der Waals surface area contributed by atoms with Gasteiger partial charge in [-0.25, -0.2) is 8.78 Å². The largest absolute Gasteiger partial charge is 0.356 e. The Labute approximate surface area is 164 Å². The summed E-state index contributed by atoms with van der Waals surface area (Å²) >= 11 is 0. The van der Waals surface area contributed by atoms with Gasteiger partial charge in [-0.2, -0.15) is 0 Å². The Morgan fingerprint density at radius 3 is 2.21 bits per heavy atom. The molecule has 0 radical (unpaired) electrons. The lowest BCUT2D eigenvalue weighted by molar-refractivity contribution is 0.0827. The van der Waals surface area contributed by atoms with E-state index in [1.54, 1.807) is 32.1 Å². The highest BCUT2D eigenvalue weighted by Gasteiger charge is 2.09. The Hall–Kier alpha value is -2.96. The molecule has 2 aromatic rings. The van der Waals surface area contributed by atoms with E-state index in [1.165, 1.54) is 18.2 Å². The number of nitrogens with one attached hydrogen (secondary N) is 2. The average Bonchev–Trinajstić information content (AvgIpc) is 2.68. The molecule has 0 aliphatic rings. The summed E-state index contributed by atoms with van der Waals surface area (Å²) < 4.78 is 27.3. The first kappa shape index (κ1) is 21.3. The minimum absolute atomic E-state index is 0.0346. The van der Waals surface area contributed by atoms with E-state index in [1.807, 2.05) is 18.2 Å². The molecule has 7 heteroatoms. The Balaban J connectivity index is 1.81. The molecule has 2 rings (SSSR count). The third-order valence-corrected chi connectivity index (χ3v) is 4.24. The van der Waals surface area contributed by atoms with Gasteiger partial charge in [0.25, 0.3) is 5.91 Å². The summed E-state index contributed by atoms with van der Waals surface area (Å²) in [5.41, 5.74) is 1.74. The molecule has 5 nitrogen and oxygen atoms in total. The zero-order valence-corrected chi connectivity index (χ0v) is 16.4. The van der Waals surface area contributed by atoms with Crippen molar-refractivity contribution in [1.82, 2.24) is 15.5 Å². The van der Waals surface area contributed by atoms with Crippen LogP contribution in [0.4, 0.5) is 8.78 Å². The van der Waals surface area contributed by atoms with Crippen molar-refractivity contribution in [3.05, 3.63) is 70.8 Å². The molecule has 0 atom stereocenters. The standard InChI is InChI=1S/C21H26F2N4O/c1-24-21(26-13-11-17-18(22)8-5-9-19(17)23)25-12-10-15-6-4-7-16(14-15)20(28)27(2)3/h4-9,14H,10-13H2,1-3H3,(H2,24,25,26). The van der Waals surface area contributed by atoms with E-state index in [-0.39, 0.29) is 17.9 Å². The zero-order chi connectivity index (χ0) is 20.5. The SMILES string of the molecule is CN=C(NCCc1cccc(C(=O)N(C)C)c1)NCCc1c(F)cccc1F. The maximum absolute atomic E-state index is 13.6. The second kappa shape index (κ2) is 10.4. The van der Waals surface area contributed by atoms with E-state index in [0.717, 1.165) is 5.56 Å². The third kappa shape index (κ3) is 6.04. The molecular formula is C21H26F2N4O. The Bertz CT molecular complexity index is 817. The molecular weight excluding hydrogens is 362 g/mol. The van der Waals surface area contributed by atoms with Crippen LogP contribution in [-0.4, -0.2) is 51.0 Å². The summed E-state index contributed by atoms with van der Waals surface area (Å²) in [6, 6.07) is 11.3. The fourth-order valence-corrected chi connectivity index (χ4v) is 2.74. The number of carbonyl (C=O) groups is 1. The summed E-state index contributed by atoms with van der Waals surface area (Å²) in [5, 5.41) is 6.21. The van der Waals surface area contributed by atoms with Gasteiger partial charge in [0.1, 0.15) is 11.6 Å². The van der Waals surface area contributed by atoms with Crippen molar-refractivity contribution in [2.45, 2.75) is 12.8 Å². The lowest BCUT2D eigenvalue weighted by Crippen LogP contribution is -2.39. The van der Waals surface area contributed by atoms with Gasteiger partial charge < -0.3 is 15.5 Å². The summed E-state index contributed by atoms with van der Waals surface area (Å²) in [7, 11) is 5.08. The van der Waals surface area contributed by atoms with Crippen molar-refractivity contribution in [3.63, 3.8) is 0 Å². The fourth-order valence-electron chi connectivity index (χ4n) is 2.74. The molecule has 0 aromatic heterocycles. The van der Waals surface area contributed by atoms with Gasteiger partial charge >= 0.3 is 0 Å². The van der Waals surface area contributed by atoms with Crippen LogP contribution in [0.1, 0.15) is 21.5 Å². The normalized spacial score (nSPS) is 11.2. The highest BCUT2D eigenvalue weighted by Crippen LogP contribution is 2.12. The average molecular weight is 388 g/mol. The van der Waals surface area contributed by atoms with E-state index < -0.39 is 11.6 Å². The molecule has 0 unspecified atom stereocenters. The number of aliphatic imine (C=N–C) groups is 1. The van der Waals surface area contributed by atoms with Crippen LogP contribution in [0.3, 0.4) is 0 Å². The van der Waals surface area contributed by atoms with Gasteiger partial charge in [0.15, 0.2) is 5.96 Å². The fraction of sp³-hybridized carbons (Fsp3) is 0.333. The lowest BCUT2D eigenvalue weighted by atomic mass is 10.1. The number of nitrogens with zero attached hydrogens (tertiary/aromatic N) is 2. The van der Waals surface area contributed by atoms with Crippen molar-refractivity contribution in [1.29, 1.82) is 0 Å². The minimum atomic E-state index is -0.545. The molecule has 1 amide bonds. The Morgan fingerprint density at radius 1 is 1.00 bits per heavy atom. The van der Waals surface area contributed by atoms with Crippen molar-refractivity contribution in [2.24, 2.45) is 4.99 Å². The van der Waals surface area contributed by atoms with E-state index in [0.29, 0.717) is 31.0 Å². The van der Waals surface area contributed by atoms with Gasteiger partial charge in [0.05, 0.1) is 0 Å². The summed E-state index contributed by atoms with van der Waals surface area (Å²) in [5.74, 6) is -0.571. The molecule has 0 spiro atoms. The number of hydrogen-bond acceptors (Lipinski definition) is 2. The molecule has 0 aliphatic carbocycles. The second-order valence-electron chi connectivity index (χ2n) is 6.53. The molecule has 150 valence electrons. The molecule has 28 heavy (non-hydrogen) atoms. The van der Waals surface area contributed by atoms with E-state index >= 15 is 0 Å². The zero-order valence-electron chi connectivity index (χ0n) is 16.4. The molecule has 0 saturated heterocycles.